The minimum Gasteiger partial charge on any atom is -0.320 e. The number of nitrogens with zero attached hydrogens (tertiary/aromatic N) is 5. The molecule has 0 aromatic carbocycles. The molecule has 1 saturated carbocycles. The Balaban J connectivity index is 1.42. The molecule has 148 valence electrons. The van der Waals surface area contributed by atoms with Crippen LogP contribution in [0.5, 0.6) is 0 Å². The standard InChI is InChI=1S/C22H24N6O/c1-14-9-22(10-14,21-27-24-13-28(21)2)16-8-17(12-23-11-16)25-20(29)19-7-6-15-4-3-5-18(15)26-19/h6-8,11-14H,3-5,9-10H2,1-2H3,(H,25,29). The third-order valence-electron chi connectivity index (χ3n) is 6.24. The van der Waals surface area contributed by atoms with Crippen LogP contribution >= 0.6 is 0 Å². The monoisotopic (exact) mass is 388 g/mol. The van der Waals surface area contributed by atoms with E-state index in [-0.39, 0.29) is 11.3 Å². The zero-order chi connectivity index (χ0) is 20.0. The van der Waals surface area contributed by atoms with Crippen LogP contribution in [-0.4, -0.2) is 30.6 Å². The van der Waals surface area contributed by atoms with E-state index < -0.39 is 0 Å². The lowest BCUT2D eigenvalue weighted by Crippen LogP contribution is -2.43. The summed E-state index contributed by atoms with van der Waals surface area (Å²) in [6, 6.07) is 5.85. The van der Waals surface area contributed by atoms with Gasteiger partial charge in [0.1, 0.15) is 17.8 Å². The molecule has 5 rings (SSSR count). The molecule has 0 bridgehead atoms. The number of aromatic nitrogens is 5. The Morgan fingerprint density at radius 2 is 2.10 bits per heavy atom. The molecule has 1 amide bonds. The first-order valence-corrected chi connectivity index (χ1v) is 10.2. The molecule has 1 fully saturated rings. The van der Waals surface area contributed by atoms with E-state index in [9.17, 15) is 4.79 Å². The van der Waals surface area contributed by atoms with Crippen LogP contribution in [0.1, 0.15) is 59.3 Å². The van der Waals surface area contributed by atoms with Gasteiger partial charge in [0, 0.05) is 18.9 Å². The number of rotatable bonds is 4. The van der Waals surface area contributed by atoms with Crippen LogP contribution in [0.2, 0.25) is 0 Å². The van der Waals surface area contributed by atoms with Gasteiger partial charge in [-0.1, -0.05) is 13.0 Å². The molecule has 3 heterocycles. The molecule has 0 unspecified atom stereocenters. The Labute approximate surface area is 169 Å². The fourth-order valence-corrected chi connectivity index (χ4v) is 4.91. The van der Waals surface area contributed by atoms with Crippen molar-refractivity contribution in [3.8, 4) is 0 Å². The zero-order valence-corrected chi connectivity index (χ0v) is 16.7. The van der Waals surface area contributed by atoms with E-state index in [0.717, 1.165) is 49.2 Å². The quantitative estimate of drug-likeness (QED) is 0.742. The van der Waals surface area contributed by atoms with Crippen molar-refractivity contribution >= 4 is 11.6 Å². The summed E-state index contributed by atoms with van der Waals surface area (Å²) >= 11 is 0. The van der Waals surface area contributed by atoms with E-state index in [0.29, 0.717) is 17.3 Å². The number of anilines is 1. The second-order valence-electron chi connectivity index (χ2n) is 8.43. The SMILES string of the molecule is CC1CC(c2cncc(NC(=O)c3ccc4c(n3)CCC4)c2)(c2nncn2C)C1. The van der Waals surface area contributed by atoms with Gasteiger partial charge in [0.25, 0.3) is 5.91 Å². The van der Waals surface area contributed by atoms with E-state index in [1.807, 2.05) is 36.0 Å². The van der Waals surface area contributed by atoms with Gasteiger partial charge < -0.3 is 9.88 Å². The number of pyridine rings is 2. The molecule has 0 saturated heterocycles. The van der Waals surface area contributed by atoms with Gasteiger partial charge in [-0.2, -0.15) is 0 Å². The summed E-state index contributed by atoms with van der Waals surface area (Å²) in [5, 5.41) is 11.4. The van der Waals surface area contributed by atoms with Gasteiger partial charge in [-0.3, -0.25) is 9.78 Å². The molecule has 0 radical (unpaired) electrons. The van der Waals surface area contributed by atoms with Gasteiger partial charge in [0.15, 0.2) is 0 Å². The lowest BCUT2D eigenvalue weighted by atomic mass is 9.59. The summed E-state index contributed by atoms with van der Waals surface area (Å²) in [4.78, 5) is 21.7. The number of carbonyl (C=O) groups excluding carboxylic acids is 1. The van der Waals surface area contributed by atoms with Gasteiger partial charge in [0.2, 0.25) is 0 Å². The predicted molar refractivity (Wildman–Crippen MR) is 109 cm³/mol. The molecular weight excluding hydrogens is 364 g/mol. The van der Waals surface area contributed by atoms with Crippen molar-refractivity contribution in [3.05, 3.63) is 65.3 Å². The normalized spacial score (nSPS) is 22.8. The number of nitrogens with one attached hydrogen (secondary N) is 1. The van der Waals surface area contributed by atoms with E-state index in [2.05, 4.69) is 32.4 Å². The molecule has 0 spiro atoms. The van der Waals surface area contributed by atoms with Crippen LogP contribution in [-0.2, 0) is 25.3 Å². The van der Waals surface area contributed by atoms with E-state index in [1.54, 1.807) is 12.5 Å². The molecule has 0 atom stereocenters. The second kappa shape index (κ2) is 6.76. The van der Waals surface area contributed by atoms with Gasteiger partial charge in [-0.25, -0.2) is 4.98 Å². The smallest absolute Gasteiger partial charge is 0.274 e. The highest BCUT2D eigenvalue weighted by molar-refractivity contribution is 6.02. The average Bonchev–Trinajstić information content (AvgIpc) is 3.33. The molecular formula is C22H24N6O. The third kappa shape index (κ3) is 3.01. The maximum absolute atomic E-state index is 12.8. The number of hydrogen-bond acceptors (Lipinski definition) is 5. The summed E-state index contributed by atoms with van der Waals surface area (Å²) in [6.45, 7) is 2.24. The minimum atomic E-state index is -0.204. The molecule has 29 heavy (non-hydrogen) atoms. The molecule has 7 nitrogen and oxygen atoms in total. The van der Waals surface area contributed by atoms with Crippen LogP contribution in [0.25, 0.3) is 0 Å². The Bertz CT molecular complexity index is 1080. The predicted octanol–water partition coefficient (Wildman–Crippen LogP) is 3.06. The highest BCUT2D eigenvalue weighted by Gasteiger charge is 2.48. The van der Waals surface area contributed by atoms with Crippen LogP contribution in [0.3, 0.4) is 0 Å². The number of aryl methyl sites for hydroxylation is 3. The van der Waals surface area contributed by atoms with Crippen molar-refractivity contribution in [3.63, 3.8) is 0 Å². The topological polar surface area (TPSA) is 85.6 Å². The molecule has 3 aromatic rings. The number of amides is 1. The zero-order valence-electron chi connectivity index (χ0n) is 16.7. The van der Waals surface area contributed by atoms with Gasteiger partial charge in [-0.15, -0.1) is 10.2 Å². The fraction of sp³-hybridized carbons (Fsp3) is 0.409. The minimum absolute atomic E-state index is 0.201. The van der Waals surface area contributed by atoms with Crippen molar-refractivity contribution in [2.24, 2.45) is 13.0 Å². The van der Waals surface area contributed by atoms with Crippen molar-refractivity contribution < 1.29 is 4.79 Å². The molecule has 0 aliphatic heterocycles. The molecule has 2 aliphatic rings. The van der Waals surface area contributed by atoms with Gasteiger partial charge in [0.05, 0.1) is 17.3 Å². The Morgan fingerprint density at radius 1 is 1.24 bits per heavy atom. The fourth-order valence-electron chi connectivity index (χ4n) is 4.91. The van der Waals surface area contributed by atoms with Crippen molar-refractivity contribution in [1.82, 2.24) is 24.7 Å². The highest BCUT2D eigenvalue weighted by atomic mass is 16.1. The Hall–Kier alpha value is -3.09. The summed E-state index contributed by atoms with van der Waals surface area (Å²) < 4.78 is 1.98. The Kier molecular flexibility index (Phi) is 4.19. The summed E-state index contributed by atoms with van der Waals surface area (Å²) in [5.41, 5.74) is 4.30. The third-order valence-corrected chi connectivity index (χ3v) is 6.24. The van der Waals surface area contributed by atoms with Gasteiger partial charge >= 0.3 is 0 Å². The molecule has 7 heteroatoms. The summed E-state index contributed by atoms with van der Waals surface area (Å²) in [7, 11) is 1.97. The lowest BCUT2D eigenvalue weighted by Gasteiger charge is -2.45. The molecule has 1 N–H and O–H groups in total. The first kappa shape index (κ1) is 18.0. The average molecular weight is 388 g/mol. The first-order chi connectivity index (χ1) is 14.0. The van der Waals surface area contributed by atoms with Crippen LogP contribution in [0.4, 0.5) is 5.69 Å². The summed E-state index contributed by atoms with van der Waals surface area (Å²) in [5.74, 6) is 1.36. The van der Waals surface area contributed by atoms with E-state index in [4.69, 9.17) is 0 Å². The van der Waals surface area contributed by atoms with Gasteiger partial charge in [-0.05, 0) is 61.3 Å². The van der Waals surface area contributed by atoms with Crippen LogP contribution in [0.15, 0.2) is 36.9 Å². The largest absolute Gasteiger partial charge is 0.320 e. The first-order valence-electron chi connectivity index (χ1n) is 10.2. The van der Waals surface area contributed by atoms with Crippen LogP contribution < -0.4 is 5.32 Å². The maximum Gasteiger partial charge on any atom is 0.274 e. The number of hydrogen-bond donors (Lipinski definition) is 1. The number of fused-ring (bicyclic) bond motifs is 1. The Morgan fingerprint density at radius 3 is 2.86 bits per heavy atom. The highest BCUT2D eigenvalue weighted by Crippen LogP contribution is 2.51. The number of carbonyl (C=O) groups is 1. The maximum atomic E-state index is 12.8. The molecule has 2 aliphatic carbocycles. The lowest BCUT2D eigenvalue weighted by molar-refractivity contribution is 0.102. The molecule has 3 aromatic heterocycles. The van der Waals surface area contributed by atoms with Crippen molar-refractivity contribution in [1.29, 1.82) is 0 Å². The van der Waals surface area contributed by atoms with Crippen LogP contribution in [0, 0.1) is 5.92 Å². The second-order valence-corrected chi connectivity index (χ2v) is 8.43. The van der Waals surface area contributed by atoms with Crippen molar-refractivity contribution in [2.75, 3.05) is 5.32 Å². The van der Waals surface area contributed by atoms with E-state index >= 15 is 0 Å². The van der Waals surface area contributed by atoms with Crippen molar-refractivity contribution in [2.45, 2.75) is 44.4 Å². The van der Waals surface area contributed by atoms with E-state index in [1.165, 1.54) is 5.56 Å². The summed E-state index contributed by atoms with van der Waals surface area (Å²) in [6.07, 6.45) is 10.4.